The first kappa shape index (κ1) is 14.3. The molecule has 1 aliphatic heterocycles. The van der Waals surface area contributed by atoms with Gasteiger partial charge in [-0.3, -0.25) is 10.1 Å². The molecule has 1 saturated heterocycles. The van der Waals surface area contributed by atoms with E-state index in [9.17, 15) is 13.6 Å². The Bertz CT molecular complexity index is 452. The van der Waals surface area contributed by atoms with Crippen molar-refractivity contribution in [3.8, 4) is 0 Å². The minimum absolute atomic E-state index is 0.278. The summed E-state index contributed by atoms with van der Waals surface area (Å²) in [5.74, 6) is -0.278. The van der Waals surface area contributed by atoms with E-state index in [2.05, 4.69) is 5.32 Å². The van der Waals surface area contributed by atoms with E-state index in [0.717, 1.165) is 10.5 Å². The van der Waals surface area contributed by atoms with Gasteiger partial charge in [-0.15, -0.1) is 11.8 Å². The molecular formula is C13H16F2N2OS. The van der Waals surface area contributed by atoms with Crippen molar-refractivity contribution < 1.29 is 13.6 Å². The average Bonchev–Trinajstić information content (AvgIpc) is 2.67. The molecule has 1 N–H and O–H groups in total. The number of hydrogen-bond donors (Lipinski definition) is 1. The zero-order valence-electron chi connectivity index (χ0n) is 10.8. The van der Waals surface area contributed by atoms with Gasteiger partial charge in [-0.1, -0.05) is 12.1 Å². The highest BCUT2D eigenvalue weighted by atomic mass is 32.2. The third kappa shape index (κ3) is 3.06. The Labute approximate surface area is 115 Å². The molecule has 2 atom stereocenters. The summed E-state index contributed by atoms with van der Waals surface area (Å²) >= 11 is 1.61. The van der Waals surface area contributed by atoms with E-state index in [4.69, 9.17) is 0 Å². The number of halogens is 2. The molecule has 1 aromatic rings. The Morgan fingerprint density at radius 3 is 2.53 bits per heavy atom. The first-order chi connectivity index (χ1) is 9.02. The third-order valence-corrected chi connectivity index (χ3v) is 3.88. The Hall–Kier alpha value is -1.14. The Kier molecular flexibility index (Phi) is 4.42. The van der Waals surface area contributed by atoms with Crippen LogP contribution >= 0.6 is 11.8 Å². The SMILES string of the molecule is CSc1ccc(C2NC(C)C(=O)N2CC(F)F)cc1. The predicted molar refractivity (Wildman–Crippen MR) is 71.3 cm³/mol. The maximum absolute atomic E-state index is 12.6. The van der Waals surface area contributed by atoms with Crippen LogP contribution in [0.4, 0.5) is 8.78 Å². The summed E-state index contributed by atoms with van der Waals surface area (Å²) in [7, 11) is 0. The van der Waals surface area contributed by atoms with Crippen LogP contribution in [0.15, 0.2) is 29.2 Å². The molecule has 1 aromatic carbocycles. The molecule has 1 amide bonds. The predicted octanol–water partition coefficient (Wildman–Crippen LogP) is 2.49. The van der Waals surface area contributed by atoms with E-state index < -0.39 is 25.2 Å². The molecule has 19 heavy (non-hydrogen) atoms. The highest BCUT2D eigenvalue weighted by molar-refractivity contribution is 7.98. The van der Waals surface area contributed by atoms with Gasteiger partial charge in [0.2, 0.25) is 5.91 Å². The summed E-state index contributed by atoms with van der Waals surface area (Å²) < 4.78 is 25.1. The summed E-state index contributed by atoms with van der Waals surface area (Å²) in [5, 5.41) is 3.05. The lowest BCUT2D eigenvalue weighted by molar-refractivity contribution is -0.131. The van der Waals surface area contributed by atoms with E-state index in [1.807, 2.05) is 30.5 Å². The van der Waals surface area contributed by atoms with Gasteiger partial charge in [0.05, 0.1) is 12.6 Å². The van der Waals surface area contributed by atoms with Gasteiger partial charge in [0.25, 0.3) is 6.43 Å². The number of benzene rings is 1. The van der Waals surface area contributed by atoms with Gasteiger partial charge in [0.1, 0.15) is 6.17 Å². The van der Waals surface area contributed by atoms with E-state index in [1.54, 1.807) is 18.7 Å². The quantitative estimate of drug-likeness (QED) is 0.863. The Balaban J connectivity index is 2.22. The number of nitrogens with zero attached hydrogens (tertiary/aromatic N) is 1. The van der Waals surface area contributed by atoms with Crippen molar-refractivity contribution in [3.63, 3.8) is 0 Å². The number of nitrogens with one attached hydrogen (secondary N) is 1. The van der Waals surface area contributed by atoms with E-state index >= 15 is 0 Å². The number of carbonyl (C=O) groups excluding carboxylic acids is 1. The molecule has 6 heteroatoms. The number of rotatable bonds is 4. The van der Waals surface area contributed by atoms with Crippen LogP contribution in [0, 0.1) is 0 Å². The maximum Gasteiger partial charge on any atom is 0.255 e. The molecule has 0 aliphatic carbocycles. The lowest BCUT2D eigenvalue weighted by atomic mass is 10.1. The van der Waals surface area contributed by atoms with Gasteiger partial charge in [-0.05, 0) is 30.9 Å². The molecule has 2 rings (SSSR count). The molecule has 3 nitrogen and oxygen atoms in total. The second-order valence-electron chi connectivity index (χ2n) is 4.45. The van der Waals surface area contributed by atoms with E-state index in [-0.39, 0.29) is 5.91 Å². The molecule has 0 radical (unpaired) electrons. The van der Waals surface area contributed by atoms with Gasteiger partial charge in [-0.25, -0.2) is 8.78 Å². The van der Waals surface area contributed by atoms with Crippen molar-refractivity contribution in [3.05, 3.63) is 29.8 Å². The number of thioether (sulfide) groups is 1. The van der Waals surface area contributed by atoms with Crippen LogP contribution in [0.5, 0.6) is 0 Å². The molecule has 1 heterocycles. The summed E-state index contributed by atoms with van der Waals surface area (Å²) in [6, 6.07) is 7.16. The average molecular weight is 286 g/mol. The monoisotopic (exact) mass is 286 g/mol. The van der Waals surface area contributed by atoms with Crippen LogP contribution in [0.2, 0.25) is 0 Å². The number of amides is 1. The normalized spacial score (nSPS) is 23.4. The van der Waals surface area contributed by atoms with Crippen molar-refractivity contribution in [2.75, 3.05) is 12.8 Å². The topological polar surface area (TPSA) is 32.3 Å². The van der Waals surface area contributed by atoms with Crippen LogP contribution < -0.4 is 5.32 Å². The zero-order valence-corrected chi connectivity index (χ0v) is 11.6. The molecule has 0 spiro atoms. The maximum atomic E-state index is 12.6. The number of hydrogen-bond acceptors (Lipinski definition) is 3. The molecular weight excluding hydrogens is 270 g/mol. The minimum Gasteiger partial charge on any atom is -0.316 e. The number of alkyl halides is 2. The van der Waals surface area contributed by atoms with Crippen molar-refractivity contribution in [1.82, 2.24) is 10.2 Å². The van der Waals surface area contributed by atoms with Gasteiger partial charge < -0.3 is 4.90 Å². The van der Waals surface area contributed by atoms with Gasteiger partial charge in [0, 0.05) is 4.90 Å². The van der Waals surface area contributed by atoms with Gasteiger partial charge in [-0.2, -0.15) is 0 Å². The molecule has 104 valence electrons. The van der Waals surface area contributed by atoms with Gasteiger partial charge in [0.15, 0.2) is 0 Å². The van der Waals surface area contributed by atoms with Crippen LogP contribution in [-0.2, 0) is 4.79 Å². The molecule has 0 aromatic heterocycles. The minimum atomic E-state index is -2.52. The molecule has 2 unspecified atom stereocenters. The number of carbonyl (C=O) groups is 1. The Morgan fingerprint density at radius 2 is 2.00 bits per heavy atom. The summed E-state index contributed by atoms with van der Waals surface area (Å²) in [6.07, 6.45) is -1.02. The second kappa shape index (κ2) is 5.88. The fraction of sp³-hybridized carbons (Fsp3) is 0.462. The zero-order chi connectivity index (χ0) is 14.0. The fourth-order valence-electron chi connectivity index (χ4n) is 2.18. The van der Waals surface area contributed by atoms with Crippen LogP contribution in [0.3, 0.4) is 0 Å². The lowest BCUT2D eigenvalue weighted by Gasteiger charge is -2.24. The first-order valence-electron chi connectivity index (χ1n) is 6.01. The van der Waals surface area contributed by atoms with Crippen LogP contribution in [0.1, 0.15) is 18.7 Å². The van der Waals surface area contributed by atoms with Crippen molar-refractivity contribution in [1.29, 1.82) is 0 Å². The van der Waals surface area contributed by atoms with Crippen LogP contribution in [0.25, 0.3) is 0 Å². The second-order valence-corrected chi connectivity index (χ2v) is 5.33. The van der Waals surface area contributed by atoms with Crippen molar-refractivity contribution in [2.24, 2.45) is 0 Å². The smallest absolute Gasteiger partial charge is 0.255 e. The lowest BCUT2D eigenvalue weighted by Crippen LogP contribution is -2.34. The largest absolute Gasteiger partial charge is 0.316 e. The van der Waals surface area contributed by atoms with Crippen molar-refractivity contribution >= 4 is 17.7 Å². The summed E-state index contributed by atoms with van der Waals surface area (Å²) in [6.45, 7) is 1.15. The molecule has 1 aliphatic rings. The van der Waals surface area contributed by atoms with E-state index in [1.165, 1.54) is 4.90 Å². The highest BCUT2D eigenvalue weighted by Gasteiger charge is 2.38. The highest BCUT2D eigenvalue weighted by Crippen LogP contribution is 2.27. The van der Waals surface area contributed by atoms with E-state index in [0.29, 0.717) is 0 Å². The van der Waals surface area contributed by atoms with Crippen molar-refractivity contribution in [2.45, 2.75) is 30.5 Å². The molecule has 1 fully saturated rings. The molecule has 0 saturated carbocycles. The standard InChI is InChI=1S/C13H16F2N2OS/c1-8-13(18)17(7-11(14)15)12(16-8)9-3-5-10(19-2)6-4-9/h3-6,8,11-12,16H,7H2,1-2H3. The first-order valence-corrected chi connectivity index (χ1v) is 7.24. The van der Waals surface area contributed by atoms with Crippen LogP contribution in [-0.4, -0.2) is 36.1 Å². The fourth-order valence-corrected chi connectivity index (χ4v) is 2.59. The summed E-state index contributed by atoms with van der Waals surface area (Å²) in [5.41, 5.74) is 0.830. The summed E-state index contributed by atoms with van der Waals surface area (Å²) in [4.78, 5) is 14.2. The Morgan fingerprint density at radius 1 is 1.37 bits per heavy atom. The van der Waals surface area contributed by atoms with Gasteiger partial charge >= 0.3 is 0 Å². The third-order valence-electron chi connectivity index (χ3n) is 3.14. The molecule has 0 bridgehead atoms.